The van der Waals surface area contributed by atoms with Crippen LogP contribution in [0.4, 0.5) is 5.82 Å². The Labute approximate surface area is 110 Å². The second-order valence-corrected chi connectivity index (χ2v) is 5.51. The van der Waals surface area contributed by atoms with Crippen molar-refractivity contribution < 1.29 is 0 Å². The lowest BCUT2D eigenvalue weighted by atomic mass is 9.87. The summed E-state index contributed by atoms with van der Waals surface area (Å²) in [5.74, 6) is 1.38. The van der Waals surface area contributed by atoms with Gasteiger partial charge in [0.2, 0.25) is 0 Å². The largest absolute Gasteiger partial charge is 0.383 e. The number of nitrogens with zero attached hydrogens (tertiary/aromatic N) is 1. The van der Waals surface area contributed by atoms with Gasteiger partial charge < -0.3 is 11.1 Å². The van der Waals surface area contributed by atoms with Crippen LogP contribution in [0.1, 0.15) is 55.7 Å². The van der Waals surface area contributed by atoms with Crippen LogP contribution in [-0.2, 0) is 0 Å². The SMILES string of the molecule is CNC(c1cc(C)cnc1N)C1CCCCCC1. The molecular weight excluding hydrogens is 222 g/mol. The van der Waals surface area contributed by atoms with Crippen molar-refractivity contribution in [2.75, 3.05) is 12.8 Å². The maximum atomic E-state index is 6.06. The number of aryl methyl sites for hydroxylation is 1. The Bertz CT molecular complexity index is 381. The van der Waals surface area contributed by atoms with Gasteiger partial charge in [-0.1, -0.05) is 25.7 Å². The standard InChI is InChI=1S/C15H25N3/c1-11-9-13(15(16)18-10-11)14(17-2)12-7-5-3-4-6-8-12/h9-10,12,14,17H,3-8H2,1-2H3,(H2,16,18). The number of aromatic nitrogens is 1. The third-order valence-electron chi connectivity index (χ3n) is 4.10. The molecule has 1 heterocycles. The van der Waals surface area contributed by atoms with Crippen molar-refractivity contribution in [2.24, 2.45) is 5.92 Å². The zero-order valence-corrected chi connectivity index (χ0v) is 11.6. The second-order valence-electron chi connectivity index (χ2n) is 5.51. The van der Waals surface area contributed by atoms with E-state index < -0.39 is 0 Å². The molecule has 0 aliphatic heterocycles. The van der Waals surface area contributed by atoms with Gasteiger partial charge in [0.05, 0.1) is 0 Å². The molecule has 0 aromatic carbocycles. The number of hydrogen-bond donors (Lipinski definition) is 2. The molecule has 1 aliphatic carbocycles. The number of rotatable bonds is 3. The fraction of sp³-hybridized carbons (Fsp3) is 0.667. The van der Waals surface area contributed by atoms with Gasteiger partial charge in [0.25, 0.3) is 0 Å². The molecule has 2 rings (SSSR count). The van der Waals surface area contributed by atoms with Crippen LogP contribution in [0.15, 0.2) is 12.3 Å². The van der Waals surface area contributed by atoms with E-state index in [9.17, 15) is 0 Å². The number of nitrogen functional groups attached to an aromatic ring is 1. The highest BCUT2D eigenvalue weighted by Gasteiger charge is 2.24. The van der Waals surface area contributed by atoms with Gasteiger partial charge in [-0.15, -0.1) is 0 Å². The number of nitrogens with two attached hydrogens (primary N) is 1. The average molecular weight is 247 g/mol. The van der Waals surface area contributed by atoms with E-state index in [0.717, 1.165) is 0 Å². The van der Waals surface area contributed by atoms with Gasteiger partial charge in [-0.05, 0) is 44.4 Å². The van der Waals surface area contributed by atoms with Gasteiger partial charge in [-0.3, -0.25) is 0 Å². The van der Waals surface area contributed by atoms with Crippen molar-refractivity contribution in [1.29, 1.82) is 0 Å². The Balaban J connectivity index is 2.23. The van der Waals surface area contributed by atoms with Gasteiger partial charge in [-0.25, -0.2) is 4.98 Å². The Kier molecular flexibility index (Phi) is 4.59. The molecule has 0 radical (unpaired) electrons. The Hall–Kier alpha value is -1.09. The molecule has 1 aromatic rings. The molecule has 18 heavy (non-hydrogen) atoms. The molecule has 1 aromatic heterocycles. The van der Waals surface area contributed by atoms with Gasteiger partial charge in [0, 0.05) is 17.8 Å². The molecular formula is C15H25N3. The van der Waals surface area contributed by atoms with E-state index in [-0.39, 0.29) is 0 Å². The van der Waals surface area contributed by atoms with Crippen LogP contribution in [0, 0.1) is 12.8 Å². The van der Waals surface area contributed by atoms with Crippen LogP contribution in [-0.4, -0.2) is 12.0 Å². The quantitative estimate of drug-likeness (QED) is 0.806. The van der Waals surface area contributed by atoms with Crippen molar-refractivity contribution in [1.82, 2.24) is 10.3 Å². The molecule has 0 amide bonds. The first kappa shape index (κ1) is 13.3. The zero-order chi connectivity index (χ0) is 13.0. The second kappa shape index (κ2) is 6.19. The Morgan fingerprint density at radius 3 is 2.56 bits per heavy atom. The average Bonchev–Trinajstić information content (AvgIpc) is 2.64. The van der Waals surface area contributed by atoms with Gasteiger partial charge >= 0.3 is 0 Å². The molecule has 1 unspecified atom stereocenters. The molecule has 1 saturated carbocycles. The van der Waals surface area contributed by atoms with E-state index in [0.29, 0.717) is 17.8 Å². The van der Waals surface area contributed by atoms with E-state index in [1.807, 2.05) is 13.2 Å². The smallest absolute Gasteiger partial charge is 0.128 e. The summed E-state index contributed by atoms with van der Waals surface area (Å²) >= 11 is 0. The summed E-state index contributed by atoms with van der Waals surface area (Å²) < 4.78 is 0. The summed E-state index contributed by atoms with van der Waals surface area (Å²) in [5.41, 5.74) is 8.43. The number of pyridine rings is 1. The highest BCUT2D eigenvalue weighted by atomic mass is 14.9. The zero-order valence-electron chi connectivity index (χ0n) is 11.6. The van der Waals surface area contributed by atoms with E-state index in [2.05, 4.69) is 23.3 Å². The fourth-order valence-corrected chi connectivity index (χ4v) is 3.14. The van der Waals surface area contributed by atoms with Crippen molar-refractivity contribution >= 4 is 5.82 Å². The van der Waals surface area contributed by atoms with Crippen molar-refractivity contribution in [3.05, 3.63) is 23.4 Å². The third kappa shape index (κ3) is 3.02. The van der Waals surface area contributed by atoms with Gasteiger partial charge in [-0.2, -0.15) is 0 Å². The summed E-state index contributed by atoms with van der Waals surface area (Å²) in [7, 11) is 2.04. The van der Waals surface area contributed by atoms with Crippen molar-refractivity contribution in [3.8, 4) is 0 Å². The summed E-state index contributed by atoms with van der Waals surface area (Å²) in [5, 5.41) is 3.46. The minimum atomic E-state index is 0.357. The van der Waals surface area contributed by atoms with Crippen LogP contribution in [0.5, 0.6) is 0 Å². The number of hydrogen-bond acceptors (Lipinski definition) is 3. The van der Waals surface area contributed by atoms with E-state index in [1.54, 1.807) is 0 Å². The molecule has 0 spiro atoms. The monoisotopic (exact) mass is 247 g/mol. The van der Waals surface area contributed by atoms with Gasteiger partial charge in [0.15, 0.2) is 0 Å². The highest BCUT2D eigenvalue weighted by molar-refractivity contribution is 5.43. The summed E-state index contributed by atoms with van der Waals surface area (Å²) in [6.45, 7) is 2.08. The van der Waals surface area contributed by atoms with Crippen LogP contribution in [0.3, 0.4) is 0 Å². The maximum Gasteiger partial charge on any atom is 0.128 e. The molecule has 1 fully saturated rings. The number of anilines is 1. The Morgan fingerprint density at radius 1 is 1.28 bits per heavy atom. The molecule has 1 aliphatic rings. The first-order valence-corrected chi connectivity index (χ1v) is 7.11. The minimum Gasteiger partial charge on any atom is -0.383 e. The topological polar surface area (TPSA) is 50.9 Å². The van der Waals surface area contributed by atoms with Crippen molar-refractivity contribution in [3.63, 3.8) is 0 Å². The lowest BCUT2D eigenvalue weighted by Crippen LogP contribution is -2.26. The van der Waals surface area contributed by atoms with Crippen LogP contribution < -0.4 is 11.1 Å². The van der Waals surface area contributed by atoms with Gasteiger partial charge in [0.1, 0.15) is 5.82 Å². The third-order valence-corrected chi connectivity index (χ3v) is 4.10. The van der Waals surface area contributed by atoms with Crippen molar-refractivity contribution in [2.45, 2.75) is 51.5 Å². The fourth-order valence-electron chi connectivity index (χ4n) is 3.14. The van der Waals surface area contributed by atoms with E-state index >= 15 is 0 Å². The summed E-state index contributed by atoms with van der Waals surface area (Å²) in [6.07, 6.45) is 9.92. The van der Waals surface area contributed by atoms with Crippen LogP contribution in [0.2, 0.25) is 0 Å². The molecule has 0 bridgehead atoms. The maximum absolute atomic E-state index is 6.06. The minimum absolute atomic E-state index is 0.357. The predicted molar refractivity (Wildman–Crippen MR) is 76.4 cm³/mol. The molecule has 0 saturated heterocycles. The van der Waals surface area contributed by atoms with Crippen LogP contribution in [0.25, 0.3) is 0 Å². The molecule has 3 heteroatoms. The lowest BCUT2D eigenvalue weighted by Gasteiger charge is -2.27. The lowest BCUT2D eigenvalue weighted by molar-refractivity contribution is 0.342. The molecule has 100 valence electrons. The number of nitrogens with one attached hydrogen (secondary N) is 1. The molecule has 1 atom stereocenters. The van der Waals surface area contributed by atoms with E-state index in [4.69, 9.17) is 5.73 Å². The predicted octanol–water partition coefficient (Wildman–Crippen LogP) is 3.20. The first-order chi connectivity index (χ1) is 8.72. The normalized spacial score (nSPS) is 19.4. The molecule has 3 N–H and O–H groups in total. The summed E-state index contributed by atoms with van der Waals surface area (Å²) in [6, 6.07) is 2.55. The highest BCUT2D eigenvalue weighted by Crippen LogP contribution is 2.35. The molecule has 3 nitrogen and oxygen atoms in total. The first-order valence-electron chi connectivity index (χ1n) is 7.11. The van der Waals surface area contributed by atoms with E-state index in [1.165, 1.54) is 49.7 Å². The Morgan fingerprint density at radius 2 is 1.94 bits per heavy atom. The van der Waals surface area contributed by atoms with Crippen LogP contribution >= 0.6 is 0 Å². The summed E-state index contributed by atoms with van der Waals surface area (Å²) in [4.78, 5) is 4.30.